The van der Waals surface area contributed by atoms with Gasteiger partial charge < -0.3 is 10.6 Å². The van der Waals surface area contributed by atoms with Crippen LogP contribution in [-0.2, 0) is 0 Å². The van der Waals surface area contributed by atoms with E-state index in [0.717, 1.165) is 25.9 Å². The summed E-state index contributed by atoms with van der Waals surface area (Å²) in [4.78, 5) is 14.3. The number of anilines is 1. The molecule has 92 valence electrons. The van der Waals surface area contributed by atoms with E-state index in [1.54, 1.807) is 6.07 Å². The molecule has 0 radical (unpaired) electrons. The Hall–Kier alpha value is -1.51. The first-order valence-electron chi connectivity index (χ1n) is 6.42. The number of hydrogen-bond acceptors (Lipinski definition) is 2. The van der Waals surface area contributed by atoms with Crippen molar-refractivity contribution in [2.24, 2.45) is 0 Å². The van der Waals surface area contributed by atoms with Gasteiger partial charge in [-0.3, -0.25) is 4.79 Å². The molecule has 17 heavy (non-hydrogen) atoms. The lowest BCUT2D eigenvalue weighted by molar-refractivity contribution is 0.0742. The van der Waals surface area contributed by atoms with Crippen LogP contribution in [0.4, 0.5) is 5.69 Å². The van der Waals surface area contributed by atoms with Gasteiger partial charge in [-0.05, 0) is 31.0 Å². The summed E-state index contributed by atoms with van der Waals surface area (Å²) >= 11 is 0. The second-order valence-corrected chi connectivity index (χ2v) is 4.69. The van der Waals surface area contributed by atoms with Crippen LogP contribution < -0.4 is 5.73 Å². The Morgan fingerprint density at radius 1 is 1.06 bits per heavy atom. The number of hydrogen-bond donors (Lipinski definition) is 1. The Morgan fingerprint density at radius 2 is 1.71 bits per heavy atom. The van der Waals surface area contributed by atoms with Gasteiger partial charge >= 0.3 is 0 Å². The van der Waals surface area contributed by atoms with Gasteiger partial charge in [-0.25, -0.2) is 0 Å². The molecule has 1 aromatic carbocycles. The van der Waals surface area contributed by atoms with E-state index in [9.17, 15) is 4.79 Å². The second-order valence-electron chi connectivity index (χ2n) is 4.69. The number of amides is 1. The molecule has 3 heteroatoms. The summed E-state index contributed by atoms with van der Waals surface area (Å²) in [5.41, 5.74) is 7.08. The molecule has 1 aliphatic rings. The minimum atomic E-state index is 0.124. The normalized spacial score (nSPS) is 17.3. The largest absolute Gasteiger partial charge is 0.399 e. The highest BCUT2D eigenvalue weighted by molar-refractivity contribution is 5.95. The van der Waals surface area contributed by atoms with Crippen LogP contribution in [0, 0.1) is 0 Å². The zero-order valence-corrected chi connectivity index (χ0v) is 10.2. The third-order valence-electron chi connectivity index (χ3n) is 3.28. The van der Waals surface area contributed by atoms with Crippen LogP contribution in [0.1, 0.15) is 42.5 Å². The van der Waals surface area contributed by atoms with Crippen LogP contribution in [0.15, 0.2) is 24.3 Å². The lowest BCUT2D eigenvalue weighted by atomic mass is 10.1. The molecule has 2 N–H and O–H groups in total. The summed E-state index contributed by atoms with van der Waals surface area (Å²) in [7, 11) is 0. The minimum Gasteiger partial charge on any atom is -0.399 e. The molecule has 0 spiro atoms. The fourth-order valence-electron chi connectivity index (χ4n) is 2.30. The highest BCUT2D eigenvalue weighted by atomic mass is 16.2. The van der Waals surface area contributed by atoms with Crippen LogP contribution in [0.25, 0.3) is 0 Å². The Morgan fingerprint density at radius 3 is 2.35 bits per heavy atom. The fourth-order valence-corrected chi connectivity index (χ4v) is 2.30. The average molecular weight is 232 g/mol. The van der Waals surface area contributed by atoms with Gasteiger partial charge in [-0.2, -0.15) is 0 Å². The molecule has 1 heterocycles. The topological polar surface area (TPSA) is 46.3 Å². The van der Waals surface area contributed by atoms with E-state index < -0.39 is 0 Å². The number of rotatable bonds is 1. The molecule has 2 rings (SSSR count). The first kappa shape index (κ1) is 12.0. The Kier molecular flexibility index (Phi) is 4.02. The lowest BCUT2D eigenvalue weighted by Crippen LogP contribution is -2.33. The predicted octanol–water partition coefficient (Wildman–Crippen LogP) is 2.68. The SMILES string of the molecule is Nc1cccc(C(=O)N2CCCCCCC2)c1. The summed E-state index contributed by atoms with van der Waals surface area (Å²) in [6.45, 7) is 1.77. The van der Waals surface area contributed by atoms with Crippen molar-refractivity contribution >= 4 is 11.6 Å². The van der Waals surface area contributed by atoms with E-state index in [1.165, 1.54) is 19.3 Å². The number of benzene rings is 1. The third kappa shape index (κ3) is 3.22. The van der Waals surface area contributed by atoms with Crippen LogP contribution in [0.3, 0.4) is 0 Å². The van der Waals surface area contributed by atoms with Gasteiger partial charge in [0.05, 0.1) is 0 Å². The summed E-state index contributed by atoms with van der Waals surface area (Å²) in [6, 6.07) is 7.26. The van der Waals surface area contributed by atoms with E-state index in [0.29, 0.717) is 11.3 Å². The van der Waals surface area contributed by atoms with Gasteiger partial charge in [0.1, 0.15) is 0 Å². The van der Waals surface area contributed by atoms with Crippen molar-refractivity contribution in [1.29, 1.82) is 0 Å². The maximum absolute atomic E-state index is 12.3. The molecule has 1 saturated heterocycles. The number of nitrogen functional groups attached to an aromatic ring is 1. The van der Waals surface area contributed by atoms with Gasteiger partial charge in [0.15, 0.2) is 0 Å². The molecule has 0 saturated carbocycles. The van der Waals surface area contributed by atoms with Crippen molar-refractivity contribution in [3.05, 3.63) is 29.8 Å². The van der Waals surface area contributed by atoms with Crippen molar-refractivity contribution in [2.45, 2.75) is 32.1 Å². The van der Waals surface area contributed by atoms with E-state index >= 15 is 0 Å². The third-order valence-corrected chi connectivity index (χ3v) is 3.28. The number of carbonyl (C=O) groups excluding carboxylic acids is 1. The highest BCUT2D eigenvalue weighted by Crippen LogP contribution is 2.15. The van der Waals surface area contributed by atoms with E-state index in [4.69, 9.17) is 5.73 Å². The van der Waals surface area contributed by atoms with Crippen LogP contribution in [0.5, 0.6) is 0 Å². The molecule has 1 fully saturated rings. The Labute approximate surface area is 103 Å². The van der Waals surface area contributed by atoms with Crippen molar-refractivity contribution in [3.63, 3.8) is 0 Å². The molecule has 0 aliphatic carbocycles. The second kappa shape index (κ2) is 5.71. The predicted molar refractivity (Wildman–Crippen MR) is 69.8 cm³/mol. The first-order chi connectivity index (χ1) is 8.27. The van der Waals surface area contributed by atoms with Crippen LogP contribution >= 0.6 is 0 Å². The number of nitrogens with zero attached hydrogens (tertiary/aromatic N) is 1. The molecule has 3 nitrogen and oxygen atoms in total. The molecular weight excluding hydrogens is 212 g/mol. The number of likely N-dealkylation sites (tertiary alicyclic amines) is 1. The summed E-state index contributed by atoms with van der Waals surface area (Å²) < 4.78 is 0. The van der Waals surface area contributed by atoms with E-state index in [1.807, 2.05) is 23.1 Å². The summed E-state index contributed by atoms with van der Waals surface area (Å²) in [5.74, 6) is 0.124. The average Bonchev–Trinajstić information content (AvgIpc) is 2.28. The van der Waals surface area contributed by atoms with Crippen LogP contribution in [-0.4, -0.2) is 23.9 Å². The zero-order valence-electron chi connectivity index (χ0n) is 10.2. The molecule has 0 aromatic heterocycles. The van der Waals surface area contributed by atoms with Gasteiger partial charge in [-0.1, -0.05) is 25.3 Å². The molecule has 1 aliphatic heterocycles. The minimum absolute atomic E-state index is 0.124. The maximum Gasteiger partial charge on any atom is 0.253 e. The number of nitrogens with two attached hydrogens (primary N) is 1. The monoisotopic (exact) mass is 232 g/mol. The van der Waals surface area contributed by atoms with Gasteiger partial charge in [0.2, 0.25) is 0 Å². The molecule has 0 unspecified atom stereocenters. The van der Waals surface area contributed by atoms with Gasteiger partial charge in [0, 0.05) is 24.3 Å². The molecule has 0 atom stereocenters. The highest BCUT2D eigenvalue weighted by Gasteiger charge is 2.16. The zero-order chi connectivity index (χ0) is 12.1. The standard InChI is InChI=1S/C14H20N2O/c15-13-8-6-7-12(11-13)14(17)16-9-4-2-1-3-5-10-16/h6-8,11H,1-5,9-10,15H2. The van der Waals surface area contributed by atoms with Crippen molar-refractivity contribution in [1.82, 2.24) is 4.90 Å². The Bertz CT molecular complexity index is 382. The van der Waals surface area contributed by atoms with E-state index in [2.05, 4.69) is 0 Å². The summed E-state index contributed by atoms with van der Waals surface area (Å²) in [6.07, 6.45) is 6.02. The molecular formula is C14H20N2O. The smallest absolute Gasteiger partial charge is 0.253 e. The first-order valence-corrected chi connectivity index (χ1v) is 6.42. The quantitative estimate of drug-likeness (QED) is 0.757. The molecule has 0 bridgehead atoms. The van der Waals surface area contributed by atoms with Gasteiger partial charge in [-0.15, -0.1) is 0 Å². The van der Waals surface area contributed by atoms with Crippen LogP contribution in [0.2, 0.25) is 0 Å². The fraction of sp³-hybridized carbons (Fsp3) is 0.500. The summed E-state index contributed by atoms with van der Waals surface area (Å²) in [5, 5.41) is 0. The Balaban J connectivity index is 2.07. The van der Waals surface area contributed by atoms with Crippen molar-refractivity contribution in [2.75, 3.05) is 18.8 Å². The lowest BCUT2D eigenvalue weighted by Gasteiger charge is -2.24. The van der Waals surface area contributed by atoms with Crippen molar-refractivity contribution in [3.8, 4) is 0 Å². The molecule has 1 aromatic rings. The van der Waals surface area contributed by atoms with Crippen molar-refractivity contribution < 1.29 is 4.79 Å². The van der Waals surface area contributed by atoms with Gasteiger partial charge in [0.25, 0.3) is 5.91 Å². The maximum atomic E-state index is 12.3. The number of carbonyl (C=O) groups is 1. The van der Waals surface area contributed by atoms with E-state index in [-0.39, 0.29) is 5.91 Å². The molecule has 1 amide bonds.